The Morgan fingerprint density at radius 1 is 1.12 bits per heavy atom. The molecule has 0 aliphatic carbocycles. The van der Waals surface area contributed by atoms with Gasteiger partial charge in [-0.15, -0.1) is 0 Å². The molecule has 2 amide bonds. The van der Waals surface area contributed by atoms with Crippen molar-refractivity contribution in [3.8, 4) is 11.5 Å². The van der Waals surface area contributed by atoms with Crippen LogP contribution < -0.4 is 14.8 Å². The topological polar surface area (TPSA) is 92.6 Å². The molecule has 0 saturated heterocycles. The first-order chi connectivity index (χ1) is 16.3. The van der Waals surface area contributed by atoms with Crippen molar-refractivity contribution >= 4 is 46.0 Å². The van der Waals surface area contributed by atoms with Crippen molar-refractivity contribution < 1.29 is 19.1 Å². The summed E-state index contributed by atoms with van der Waals surface area (Å²) in [4.78, 5) is 37.3. The molecule has 0 fully saturated rings. The molecule has 2 aliphatic rings. The van der Waals surface area contributed by atoms with Crippen molar-refractivity contribution in [1.29, 1.82) is 0 Å². The SMILES string of the molecule is COc1cc(NC(=O)[C@H](C)SC2=Nc3ccccc3C3=N[C@@H](CC(C)C)C(=O)N23)cc(OC)c1. The average Bonchev–Trinajstić information content (AvgIpc) is 3.14. The highest BCUT2D eigenvalue weighted by molar-refractivity contribution is 8.15. The molecule has 2 aliphatic heterocycles. The second-order valence-electron chi connectivity index (χ2n) is 8.53. The lowest BCUT2D eigenvalue weighted by atomic mass is 10.0. The van der Waals surface area contributed by atoms with Gasteiger partial charge in [0.05, 0.1) is 25.2 Å². The fraction of sp³-hybridized carbons (Fsp3) is 0.360. The molecular weight excluding hydrogens is 452 g/mol. The van der Waals surface area contributed by atoms with E-state index in [9.17, 15) is 9.59 Å². The normalized spacial score (nSPS) is 17.5. The number of amides is 2. The van der Waals surface area contributed by atoms with Crippen LogP contribution in [0.5, 0.6) is 11.5 Å². The maximum Gasteiger partial charge on any atom is 0.259 e. The third-order valence-electron chi connectivity index (χ3n) is 5.51. The van der Waals surface area contributed by atoms with Crippen LogP contribution in [0.25, 0.3) is 0 Å². The Morgan fingerprint density at radius 2 is 1.79 bits per heavy atom. The second-order valence-corrected chi connectivity index (χ2v) is 9.84. The first-order valence-electron chi connectivity index (χ1n) is 11.1. The molecule has 34 heavy (non-hydrogen) atoms. The molecule has 2 heterocycles. The number of carbonyl (C=O) groups excluding carboxylic acids is 2. The van der Waals surface area contributed by atoms with E-state index in [1.54, 1.807) is 44.2 Å². The van der Waals surface area contributed by atoms with Crippen molar-refractivity contribution in [2.24, 2.45) is 15.9 Å². The Morgan fingerprint density at radius 3 is 2.44 bits per heavy atom. The number of methoxy groups -OCH3 is 2. The van der Waals surface area contributed by atoms with Gasteiger partial charge in [-0.2, -0.15) is 0 Å². The minimum Gasteiger partial charge on any atom is -0.497 e. The van der Waals surface area contributed by atoms with Crippen LogP contribution in [0.15, 0.2) is 52.4 Å². The summed E-state index contributed by atoms with van der Waals surface area (Å²) in [6.45, 7) is 5.92. The van der Waals surface area contributed by atoms with Gasteiger partial charge in [-0.05, 0) is 31.4 Å². The lowest BCUT2D eigenvalue weighted by Crippen LogP contribution is -2.42. The van der Waals surface area contributed by atoms with Crippen LogP contribution in [0.4, 0.5) is 11.4 Å². The molecule has 2 atom stereocenters. The largest absolute Gasteiger partial charge is 0.497 e. The standard InChI is InChI=1S/C25H28N4O4S/c1-14(2)10-21-24(31)29-22(27-21)19-8-6-7-9-20(19)28-25(29)34-15(3)23(30)26-16-11-17(32-4)13-18(12-16)33-5/h6-9,11-15,21H,10H2,1-5H3,(H,26,30)/t15-,21-/m0/s1. The summed E-state index contributed by atoms with van der Waals surface area (Å²) in [5.74, 6) is 1.74. The molecule has 2 aromatic carbocycles. The third kappa shape index (κ3) is 4.79. The third-order valence-corrected chi connectivity index (χ3v) is 6.57. The summed E-state index contributed by atoms with van der Waals surface area (Å²) in [6, 6.07) is 12.3. The monoisotopic (exact) mass is 480 g/mol. The van der Waals surface area contributed by atoms with E-state index in [0.717, 1.165) is 11.3 Å². The fourth-order valence-corrected chi connectivity index (χ4v) is 4.73. The summed E-state index contributed by atoms with van der Waals surface area (Å²) in [6.07, 6.45) is 0.659. The number of para-hydroxylation sites is 1. The molecule has 0 saturated carbocycles. The summed E-state index contributed by atoms with van der Waals surface area (Å²) in [5, 5.41) is 2.83. The van der Waals surface area contributed by atoms with Crippen LogP contribution in [0.1, 0.15) is 32.8 Å². The number of aliphatic imine (C=N–C) groups is 2. The van der Waals surface area contributed by atoms with Crippen molar-refractivity contribution in [1.82, 2.24) is 4.90 Å². The van der Waals surface area contributed by atoms with Crippen molar-refractivity contribution in [3.63, 3.8) is 0 Å². The number of hydrogen-bond donors (Lipinski definition) is 1. The molecule has 0 radical (unpaired) electrons. The van der Waals surface area contributed by atoms with E-state index in [0.29, 0.717) is 40.5 Å². The number of nitrogens with one attached hydrogen (secondary N) is 1. The number of fused-ring (bicyclic) bond motifs is 3. The number of thioether (sulfide) groups is 1. The number of rotatable bonds is 7. The molecule has 0 aromatic heterocycles. The maximum atomic E-state index is 13.3. The van der Waals surface area contributed by atoms with Crippen molar-refractivity contribution in [2.45, 2.75) is 38.5 Å². The molecule has 178 valence electrons. The van der Waals surface area contributed by atoms with Crippen molar-refractivity contribution in [2.75, 3.05) is 19.5 Å². The predicted octanol–water partition coefficient (Wildman–Crippen LogP) is 4.47. The van der Waals surface area contributed by atoms with Gasteiger partial charge in [-0.1, -0.05) is 37.7 Å². The Balaban J connectivity index is 1.57. The Bertz CT molecular complexity index is 1160. The lowest BCUT2D eigenvalue weighted by Gasteiger charge is -2.27. The number of anilines is 1. The quantitative estimate of drug-likeness (QED) is 0.631. The Labute approximate surface area is 203 Å². The Kier molecular flexibility index (Phi) is 6.92. The van der Waals surface area contributed by atoms with Gasteiger partial charge < -0.3 is 14.8 Å². The lowest BCUT2D eigenvalue weighted by molar-refractivity contribution is -0.125. The van der Waals surface area contributed by atoms with Gasteiger partial charge in [0.15, 0.2) is 5.17 Å². The molecule has 0 spiro atoms. The van der Waals surface area contributed by atoms with Gasteiger partial charge in [0.1, 0.15) is 23.4 Å². The molecule has 9 heteroatoms. The maximum absolute atomic E-state index is 13.3. The van der Waals surface area contributed by atoms with E-state index >= 15 is 0 Å². The number of hydrogen-bond acceptors (Lipinski definition) is 7. The van der Waals surface area contributed by atoms with Crippen LogP contribution in [0.2, 0.25) is 0 Å². The first kappa shape index (κ1) is 23.8. The molecule has 2 aromatic rings. The molecule has 1 N–H and O–H groups in total. The fourth-order valence-electron chi connectivity index (χ4n) is 3.82. The average molecular weight is 481 g/mol. The van der Waals surface area contributed by atoms with E-state index in [2.05, 4.69) is 19.2 Å². The summed E-state index contributed by atoms with van der Waals surface area (Å²) < 4.78 is 10.6. The second kappa shape index (κ2) is 9.89. The van der Waals surface area contributed by atoms with Crippen molar-refractivity contribution in [3.05, 3.63) is 48.0 Å². The number of nitrogens with zero attached hydrogens (tertiary/aromatic N) is 3. The molecular formula is C25H28N4O4S. The van der Waals surface area contributed by atoms with Crippen LogP contribution in [-0.2, 0) is 9.59 Å². The molecule has 8 nitrogen and oxygen atoms in total. The predicted molar refractivity (Wildman–Crippen MR) is 135 cm³/mol. The smallest absolute Gasteiger partial charge is 0.259 e. The van der Waals surface area contributed by atoms with Gasteiger partial charge >= 0.3 is 0 Å². The number of amidine groups is 2. The zero-order valence-electron chi connectivity index (χ0n) is 19.9. The number of ether oxygens (including phenoxy) is 2. The van der Waals surface area contributed by atoms with E-state index in [1.807, 2.05) is 24.3 Å². The van der Waals surface area contributed by atoms with Gasteiger partial charge in [-0.25, -0.2) is 9.89 Å². The number of carbonyl (C=O) groups is 2. The van der Waals surface area contributed by atoms with E-state index in [4.69, 9.17) is 19.5 Å². The van der Waals surface area contributed by atoms with Crippen LogP contribution in [0, 0.1) is 5.92 Å². The zero-order chi connectivity index (χ0) is 24.4. The highest BCUT2D eigenvalue weighted by Crippen LogP contribution is 2.36. The minimum absolute atomic E-state index is 0.102. The van der Waals surface area contributed by atoms with E-state index < -0.39 is 11.3 Å². The van der Waals surface area contributed by atoms with Crippen LogP contribution >= 0.6 is 11.8 Å². The van der Waals surface area contributed by atoms with Crippen LogP contribution in [0.3, 0.4) is 0 Å². The molecule has 0 unspecified atom stereocenters. The summed E-state index contributed by atoms with van der Waals surface area (Å²) >= 11 is 1.23. The van der Waals surface area contributed by atoms with Crippen LogP contribution in [-0.4, -0.2) is 53.2 Å². The first-order valence-corrected chi connectivity index (χ1v) is 12.0. The molecule has 4 rings (SSSR count). The molecule has 0 bridgehead atoms. The highest BCUT2D eigenvalue weighted by Gasteiger charge is 2.42. The highest BCUT2D eigenvalue weighted by atomic mass is 32.2. The van der Waals surface area contributed by atoms with Gasteiger partial charge in [0, 0.05) is 29.4 Å². The van der Waals surface area contributed by atoms with Gasteiger partial charge in [0.2, 0.25) is 5.91 Å². The van der Waals surface area contributed by atoms with Gasteiger partial charge in [-0.3, -0.25) is 14.6 Å². The number of benzene rings is 2. The zero-order valence-corrected chi connectivity index (χ0v) is 20.7. The van der Waals surface area contributed by atoms with E-state index in [-0.39, 0.29) is 11.8 Å². The minimum atomic E-state index is -0.528. The van der Waals surface area contributed by atoms with Gasteiger partial charge in [0.25, 0.3) is 5.91 Å². The van der Waals surface area contributed by atoms with E-state index in [1.165, 1.54) is 11.8 Å². The summed E-state index contributed by atoms with van der Waals surface area (Å²) in [7, 11) is 3.10. The summed E-state index contributed by atoms with van der Waals surface area (Å²) in [5.41, 5.74) is 2.12. The Hall–Kier alpha value is -3.33.